The van der Waals surface area contributed by atoms with E-state index in [1.54, 1.807) is 37.4 Å². The van der Waals surface area contributed by atoms with Gasteiger partial charge in [-0.25, -0.2) is 0 Å². The molecule has 186 valence electrons. The van der Waals surface area contributed by atoms with Gasteiger partial charge in [0.2, 0.25) is 5.91 Å². The van der Waals surface area contributed by atoms with E-state index in [1.165, 1.54) is 7.11 Å². The van der Waals surface area contributed by atoms with Crippen LogP contribution in [0.1, 0.15) is 53.4 Å². The molecular weight excluding hydrogens is 446 g/mol. The predicted octanol–water partition coefficient (Wildman–Crippen LogP) is 2.54. The third-order valence-electron chi connectivity index (χ3n) is 6.38. The van der Waals surface area contributed by atoms with E-state index in [-0.39, 0.29) is 30.9 Å². The lowest BCUT2D eigenvalue weighted by molar-refractivity contribution is -0.126. The third-order valence-corrected chi connectivity index (χ3v) is 6.38. The van der Waals surface area contributed by atoms with E-state index in [2.05, 4.69) is 16.7 Å². The van der Waals surface area contributed by atoms with Crippen molar-refractivity contribution in [2.24, 2.45) is 5.41 Å². The van der Waals surface area contributed by atoms with Gasteiger partial charge in [0.15, 0.2) is 5.78 Å². The van der Waals surface area contributed by atoms with Gasteiger partial charge < -0.3 is 25.2 Å². The number of carbonyl (C=O) groups is 2. The van der Waals surface area contributed by atoms with E-state index in [4.69, 9.17) is 9.47 Å². The van der Waals surface area contributed by atoms with Crippen LogP contribution in [0, 0.1) is 16.7 Å². The summed E-state index contributed by atoms with van der Waals surface area (Å²) < 4.78 is 10.3. The number of amides is 1. The maximum absolute atomic E-state index is 13.0. The second kappa shape index (κ2) is 11.5. The average Bonchev–Trinajstić information content (AvgIpc) is 2.84. The second-order valence-corrected chi connectivity index (χ2v) is 9.52. The van der Waals surface area contributed by atoms with Crippen LogP contribution in [0.25, 0.3) is 0 Å². The van der Waals surface area contributed by atoms with Crippen molar-refractivity contribution in [2.45, 2.75) is 44.9 Å². The molecule has 1 aliphatic carbocycles. The first-order valence-electron chi connectivity index (χ1n) is 11.6. The zero-order valence-corrected chi connectivity index (χ0v) is 20.6. The van der Waals surface area contributed by atoms with Crippen LogP contribution in [0.2, 0.25) is 0 Å². The Hall–Kier alpha value is -3.25. The van der Waals surface area contributed by atoms with Crippen molar-refractivity contribution < 1.29 is 24.2 Å². The quantitative estimate of drug-likeness (QED) is 0.479. The molecule has 8 heteroatoms. The van der Waals surface area contributed by atoms with Crippen LogP contribution < -0.4 is 15.4 Å². The number of Topliss-reactive ketones (excluding diaryl/α,β-unsaturated/α-hetero) is 1. The van der Waals surface area contributed by atoms with E-state index in [1.807, 2.05) is 26.0 Å². The molecule has 35 heavy (non-hydrogen) atoms. The molecule has 1 unspecified atom stereocenters. The van der Waals surface area contributed by atoms with Crippen LogP contribution in [-0.2, 0) is 16.0 Å². The molecule has 3 N–H and O–H groups in total. The minimum absolute atomic E-state index is 0.0795. The van der Waals surface area contributed by atoms with Gasteiger partial charge in [0, 0.05) is 30.7 Å². The fourth-order valence-corrected chi connectivity index (χ4v) is 4.51. The van der Waals surface area contributed by atoms with Crippen molar-refractivity contribution in [3.8, 4) is 11.8 Å². The topological polar surface area (TPSA) is 121 Å². The van der Waals surface area contributed by atoms with Crippen molar-refractivity contribution in [1.29, 1.82) is 5.26 Å². The number of nitrogens with one attached hydrogen (secondary N) is 2. The predicted molar refractivity (Wildman–Crippen MR) is 131 cm³/mol. The number of nitrogens with zero attached hydrogens (tertiary/aromatic N) is 1. The van der Waals surface area contributed by atoms with E-state index >= 15 is 0 Å². The summed E-state index contributed by atoms with van der Waals surface area (Å²) >= 11 is 0. The summed E-state index contributed by atoms with van der Waals surface area (Å²) in [6, 6.07) is 13.8. The maximum atomic E-state index is 13.0. The smallest absolute Gasteiger partial charge is 0.246 e. The largest absolute Gasteiger partial charge is 0.497 e. The first-order chi connectivity index (χ1) is 16.7. The monoisotopic (exact) mass is 479 g/mol. The van der Waals surface area contributed by atoms with Gasteiger partial charge in [0.25, 0.3) is 0 Å². The highest BCUT2D eigenvalue weighted by molar-refractivity contribution is 6.02. The number of benzene rings is 2. The van der Waals surface area contributed by atoms with Crippen LogP contribution in [0.15, 0.2) is 42.5 Å². The molecule has 8 nitrogen and oxygen atoms in total. The zero-order chi connectivity index (χ0) is 25.6. The van der Waals surface area contributed by atoms with Gasteiger partial charge in [0.1, 0.15) is 12.4 Å². The van der Waals surface area contributed by atoms with Gasteiger partial charge in [-0.1, -0.05) is 26.0 Å². The number of carbonyl (C=O) groups excluding carboxylic acids is 2. The Labute approximate surface area is 206 Å². The molecule has 0 heterocycles. The van der Waals surface area contributed by atoms with E-state index < -0.39 is 17.6 Å². The molecule has 2 aromatic carbocycles. The summed E-state index contributed by atoms with van der Waals surface area (Å²) in [5.41, 5.74) is 2.26. The SMILES string of the molecule is COCC(=O)NC(Cc1cccc(C#N)c1)[C@@H](O)CN[C@@H]1CC(C)(C)C(=O)c2ccc(OC)cc21. The van der Waals surface area contributed by atoms with Crippen LogP contribution in [0.5, 0.6) is 5.75 Å². The van der Waals surface area contributed by atoms with Gasteiger partial charge in [-0.2, -0.15) is 5.26 Å². The van der Waals surface area contributed by atoms with Crippen LogP contribution in [0.3, 0.4) is 0 Å². The third kappa shape index (κ3) is 6.45. The standard InChI is InChI=1S/C27H33N3O5/c1-27(2)13-23(21-12-19(35-4)8-9-20(21)26(27)33)29-15-24(31)22(30-25(32)16-34-3)11-17-6-5-7-18(10-17)14-28/h5-10,12,22-24,29,31H,11,13,15-16H2,1-4H3,(H,30,32)/t22?,23-,24+/m1/s1. The number of ketones is 1. The molecule has 0 aromatic heterocycles. The highest BCUT2D eigenvalue weighted by Crippen LogP contribution is 2.41. The summed E-state index contributed by atoms with van der Waals surface area (Å²) in [6.45, 7) is 3.90. The Morgan fingerprint density at radius 1 is 1.26 bits per heavy atom. The van der Waals surface area contributed by atoms with Crippen LogP contribution in [-0.4, -0.2) is 56.3 Å². The molecule has 0 saturated carbocycles. The molecule has 0 spiro atoms. The molecule has 0 saturated heterocycles. The molecular formula is C27H33N3O5. The molecule has 0 radical (unpaired) electrons. The van der Waals surface area contributed by atoms with Crippen molar-refractivity contribution in [3.05, 3.63) is 64.7 Å². The summed E-state index contributed by atoms with van der Waals surface area (Å²) in [4.78, 5) is 25.2. The van der Waals surface area contributed by atoms with Crippen molar-refractivity contribution >= 4 is 11.7 Å². The molecule has 0 aliphatic heterocycles. The van der Waals surface area contributed by atoms with Gasteiger partial charge in [-0.15, -0.1) is 0 Å². The average molecular weight is 480 g/mol. The van der Waals surface area contributed by atoms with Gasteiger partial charge in [-0.05, 0) is 54.3 Å². The molecule has 0 fully saturated rings. The van der Waals surface area contributed by atoms with Crippen molar-refractivity contribution in [2.75, 3.05) is 27.4 Å². The van der Waals surface area contributed by atoms with E-state index in [9.17, 15) is 20.0 Å². The van der Waals surface area contributed by atoms with Crippen molar-refractivity contribution in [1.82, 2.24) is 10.6 Å². The lowest BCUT2D eigenvalue weighted by atomic mass is 9.71. The number of nitriles is 1. The molecule has 1 amide bonds. The summed E-state index contributed by atoms with van der Waals surface area (Å²) in [5, 5.41) is 26.5. The van der Waals surface area contributed by atoms with Crippen LogP contribution in [0.4, 0.5) is 0 Å². The fraction of sp³-hybridized carbons (Fsp3) is 0.444. The highest BCUT2D eigenvalue weighted by Gasteiger charge is 2.39. The number of rotatable bonds is 10. The van der Waals surface area contributed by atoms with Gasteiger partial charge >= 0.3 is 0 Å². The number of hydrogen-bond acceptors (Lipinski definition) is 7. The Morgan fingerprint density at radius 2 is 2.03 bits per heavy atom. The van der Waals surface area contributed by atoms with Crippen LogP contribution >= 0.6 is 0 Å². The lowest BCUT2D eigenvalue weighted by Gasteiger charge is -2.37. The first-order valence-corrected chi connectivity index (χ1v) is 11.6. The number of fused-ring (bicyclic) bond motifs is 1. The molecule has 3 atom stereocenters. The minimum atomic E-state index is -0.934. The van der Waals surface area contributed by atoms with Gasteiger partial charge in [-0.3, -0.25) is 9.59 Å². The Kier molecular flexibility index (Phi) is 8.62. The summed E-state index contributed by atoms with van der Waals surface area (Å²) in [6.07, 6.45) is -0.0346. The minimum Gasteiger partial charge on any atom is -0.497 e. The first kappa shape index (κ1) is 26.4. The number of methoxy groups -OCH3 is 2. The van der Waals surface area contributed by atoms with Crippen molar-refractivity contribution in [3.63, 3.8) is 0 Å². The van der Waals surface area contributed by atoms with Gasteiger partial charge in [0.05, 0.1) is 30.9 Å². The number of aliphatic hydroxyl groups excluding tert-OH is 1. The molecule has 1 aliphatic rings. The Bertz CT molecular complexity index is 1110. The molecule has 2 aromatic rings. The Balaban J connectivity index is 1.79. The zero-order valence-electron chi connectivity index (χ0n) is 20.6. The summed E-state index contributed by atoms with van der Waals surface area (Å²) in [7, 11) is 3.01. The number of ether oxygens (including phenoxy) is 2. The highest BCUT2D eigenvalue weighted by atomic mass is 16.5. The number of aliphatic hydroxyl groups is 1. The number of hydrogen-bond donors (Lipinski definition) is 3. The maximum Gasteiger partial charge on any atom is 0.246 e. The normalized spacial score (nSPS) is 18.2. The fourth-order valence-electron chi connectivity index (χ4n) is 4.51. The molecule has 0 bridgehead atoms. The lowest BCUT2D eigenvalue weighted by Crippen LogP contribution is -2.50. The summed E-state index contributed by atoms with van der Waals surface area (Å²) in [5.74, 6) is 0.397. The Morgan fingerprint density at radius 3 is 2.71 bits per heavy atom. The van der Waals surface area contributed by atoms with E-state index in [0.717, 1.165) is 11.1 Å². The molecule has 3 rings (SSSR count). The van der Waals surface area contributed by atoms with E-state index in [0.29, 0.717) is 29.7 Å². The second-order valence-electron chi connectivity index (χ2n) is 9.52.